The standard InChI is InChI=1S/C6H6S2/c1-2-5-8-6-3-4-7/h1,7H,4-5H2. The minimum atomic E-state index is 0.609. The van der Waals surface area contributed by atoms with E-state index >= 15 is 0 Å². The zero-order valence-electron chi connectivity index (χ0n) is 4.35. The molecule has 0 radical (unpaired) electrons. The van der Waals surface area contributed by atoms with Crippen molar-refractivity contribution in [3.63, 3.8) is 0 Å². The molecule has 2 heteroatoms. The highest BCUT2D eigenvalue weighted by Gasteiger charge is 1.69. The molecule has 0 N–H and O–H groups in total. The van der Waals surface area contributed by atoms with Crippen LogP contribution in [0.4, 0.5) is 0 Å². The molecular formula is C6H6S2. The summed E-state index contributed by atoms with van der Waals surface area (Å²) in [5.74, 6) is 6.50. The van der Waals surface area contributed by atoms with E-state index in [9.17, 15) is 0 Å². The second kappa shape index (κ2) is 6.82. The molecule has 8 heavy (non-hydrogen) atoms. The Morgan fingerprint density at radius 1 is 1.62 bits per heavy atom. The zero-order valence-corrected chi connectivity index (χ0v) is 6.06. The Labute approximate surface area is 59.8 Å². The lowest BCUT2D eigenvalue weighted by Gasteiger charge is -1.74. The topological polar surface area (TPSA) is 0 Å². The number of hydrogen-bond donors (Lipinski definition) is 1. The molecule has 0 aromatic heterocycles. The largest absolute Gasteiger partial charge is 0.166 e. The van der Waals surface area contributed by atoms with Gasteiger partial charge in [0.25, 0.3) is 0 Å². The summed E-state index contributed by atoms with van der Waals surface area (Å²) in [7, 11) is 0. The van der Waals surface area contributed by atoms with E-state index in [0.717, 1.165) is 0 Å². The Kier molecular flexibility index (Phi) is 6.67. The first-order valence-corrected chi connectivity index (χ1v) is 3.67. The van der Waals surface area contributed by atoms with Crippen LogP contribution in [0.15, 0.2) is 0 Å². The van der Waals surface area contributed by atoms with E-state index < -0.39 is 0 Å². The molecule has 0 aromatic rings. The lowest BCUT2D eigenvalue weighted by Crippen LogP contribution is -1.63. The van der Waals surface area contributed by atoms with Gasteiger partial charge in [0.2, 0.25) is 0 Å². The molecule has 0 saturated heterocycles. The van der Waals surface area contributed by atoms with Gasteiger partial charge in [-0.1, -0.05) is 23.6 Å². The lowest BCUT2D eigenvalue weighted by molar-refractivity contribution is 1.96. The predicted octanol–water partition coefficient (Wildman–Crippen LogP) is 1.24. The van der Waals surface area contributed by atoms with Crippen molar-refractivity contribution in [3.05, 3.63) is 0 Å². The second-order valence-corrected chi connectivity index (χ2v) is 2.03. The molecule has 0 bridgehead atoms. The molecule has 0 heterocycles. The maximum Gasteiger partial charge on any atom is 0.0668 e. The normalized spacial score (nSPS) is 6.50. The van der Waals surface area contributed by atoms with Gasteiger partial charge in [0.1, 0.15) is 0 Å². The Balaban J connectivity index is 3.06. The third-order valence-electron chi connectivity index (χ3n) is 0.379. The Hall–Kier alpha value is -0.180. The van der Waals surface area contributed by atoms with Crippen molar-refractivity contribution in [2.24, 2.45) is 0 Å². The molecule has 0 spiro atoms. The average Bonchev–Trinajstić information content (AvgIpc) is 1.81. The third kappa shape index (κ3) is 5.82. The average molecular weight is 142 g/mol. The van der Waals surface area contributed by atoms with Crippen LogP contribution < -0.4 is 0 Å². The van der Waals surface area contributed by atoms with Gasteiger partial charge in [0, 0.05) is 0 Å². The summed E-state index contributed by atoms with van der Waals surface area (Å²) in [6.07, 6.45) is 4.95. The first-order valence-electron chi connectivity index (χ1n) is 2.05. The molecule has 0 amide bonds. The fourth-order valence-electron chi connectivity index (χ4n) is 0.161. The van der Waals surface area contributed by atoms with Crippen molar-refractivity contribution in [1.82, 2.24) is 0 Å². The second-order valence-electron chi connectivity index (χ2n) is 0.930. The maximum absolute atomic E-state index is 4.95. The smallest absolute Gasteiger partial charge is 0.0668 e. The molecule has 0 aromatic carbocycles. The molecule has 42 valence electrons. The van der Waals surface area contributed by atoms with Gasteiger partial charge in [-0.25, -0.2) is 0 Å². The Bertz CT molecular complexity index is 133. The summed E-state index contributed by atoms with van der Waals surface area (Å²) in [5.41, 5.74) is 0. The van der Waals surface area contributed by atoms with Gasteiger partial charge >= 0.3 is 0 Å². The van der Waals surface area contributed by atoms with Crippen LogP contribution in [0.5, 0.6) is 0 Å². The van der Waals surface area contributed by atoms with Crippen LogP contribution >= 0.6 is 24.4 Å². The van der Waals surface area contributed by atoms with Gasteiger partial charge in [-0.3, -0.25) is 0 Å². The van der Waals surface area contributed by atoms with Gasteiger partial charge in [-0.05, 0) is 5.25 Å². The van der Waals surface area contributed by atoms with E-state index in [2.05, 4.69) is 29.7 Å². The van der Waals surface area contributed by atoms with Crippen LogP contribution in [0.25, 0.3) is 0 Å². The van der Waals surface area contributed by atoms with Gasteiger partial charge in [-0.2, -0.15) is 12.6 Å². The summed E-state index contributed by atoms with van der Waals surface area (Å²) in [6, 6.07) is 0. The quantitative estimate of drug-likeness (QED) is 0.326. The molecule has 0 saturated carbocycles. The van der Waals surface area contributed by atoms with Gasteiger partial charge < -0.3 is 0 Å². The highest BCUT2D eigenvalue weighted by Crippen LogP contribution is 1.92. The van der Waals surface area contributed by atoms with Gasteiger partial charge in [-0.15, -0.1) is 6.42 Å². The van der Waals surface area contributed by atoms with E-state index in [0.29, 0.717) is 11.5 Å². The summed E-state index contributed by atoms with van der Waals surface area (Å²) in [5, 5.41) is 2.78. The Morgan fingerprint density at radius 3 is 2.88 bits per heavy atom. The van der Waals surface area contributed by atoms with Crippen molar-refractivity contribution in [1.29, 1.82) is 0 Å². The number of hydrogen-bond acceptors (Lipinski definition) is 2. The molecule has 0 nitrogen and oxygen atoms in total. The minimum Gasteiger partial charge on any atom is -0.166 e. The molecule has 0 aliphatic carbocycles. The van der Waals surface area contributed by atoms with E-state index in [-0.39, 0.29) is 0 Å². The fraction of sp³-hybridized carbons (Fsp3) is 0.333. The van der Waals surface area contributed by atoms with E-state index in [1.54, 1.807) is 0 Å². The highest BCUT2D eigenvalue weighted by molar-refractivity contribution is 8.04. The number of terminal acetylenes is 1. The van der Waals surface area contributed by atoms with Crippen molar-refractivity contribution >= 4 is 24.4 Å². The molecular weight excluding hydrogens is 136 g/mol. The summed E-state index contributed by atoms with van der Waals surface area (Å²) < 4.78 is 0. The number of thioether (sulfide) groups is 1. The van der Waals surface area contributed by atoms with E-state index in [1.165, 1.54) is 11.8 Å². The monoisotopic (exact) mass is 142 g/mol. The van der Waals surface area contributed by atoms with Gasteiger partial charge in [0.05, 0.1) is 11.5 Å². The first kappa shape index (κ1) is 7.82. The third-order valence-corrected chi connectivity index (χ3v) is 1.14. The van der Waals surface area contributed by atoms with Crippen molar-refractivity contribution < 1.29 is 0 Å². The summed E-state index contributed by atoms with van der Waals surface area (Å²) >= 11 is 5.32. The van der Waals surface area contributed by atoms with Gasteiger partial charge in [0.15, 0.2) is 0 Å². The maximum atomic E-state index is 4.95. The SMILES string of the molecule is C#CCSC#CCS. The molecule has 0 aliphatic rings. The fourth-order valence-corrected chi connectivity index (χ4v) is 0.677. The molecule has 0 unspecified atom stereocenters. The highest BCUT2D eigenvalue weighted by atomic mass is 32.2. The summed E-state index contributed by atoms with van der Waals surface area (Å²) in [4.78, 5) is 0. The molecule has 0 rings (SSSR count). The first-order chi connectivity index (χ1) is 3.91. The van der Waals surface area contributed by atoms with Crippen LogP contribution in [-0.2, 0) is 0 Å². The van der Waals surface area contributed by atoms with Crippen LogP contribution in [-0.4, -0.2) is 11.5 Å². The van der Waals surface area contributed by atoms with Crippen molar-refractivity contribution in [3.8, 4) is 23.5 Å². The van der Waals surface area contributed by atoms with E-state index in [1.807, 2.05) is 0 Å². The van der Waals surface area contributed by atoms with Crippen LogP contribution in [0.3, 0.4) is 0 Å². The molecule has 0 atom stereocenters. The van der Waals surface area contributed by atoms with Crippen LogP contribution in [0, 0.1) is 23.5 Å². The Morgan fingerprint density at radius 2 is 2.38 bits per heavy atom. The van der Waals surface area contributed by atoms with E-state index in [4.69, 9.17) is 6.42 Å². The van der Waals surface area contributed by atoms with Crippen LogP contribution in [0.2, 0.25) is 0 Å². The predicted molar refractivity (Wildman–Crippen MR) is 42.9 cm³/mol. The minimum absolute atomic E-state index is 0.609. The number of thiol groups is 1. The summed E-state index contributed by atoms with van der Waals surface area (Å²) in [6.45, 7) is 0. The van der Waals surface area contributed by atoms with Crippen molar-refractivity contribution in [2.75, 3.05) is 11.5 Å². The van der Waals surface area contributed by atoms with Crippen LogP contribution in [0.1, 0.15) is 0 Å². The molecule has 0 fully saturated rings. The number of rotatable bonds is 1. The zero-order chi connectivity index (χ0) is 6.24. The molecule has 0 aliphatic heterocycles. The lowest BCUT2D eigenvalue weighted by atomic mass is 10.8. The van der Waals surface area contributed by atoms with Crippen molar-refractivity contribution in [2.45, 2.75) is 0 Å².